The molecule has 62 heavy (non-hydrogen) atoms. The summed E-state index contributed by atoms with van der Waals surface area (Å²) in [5.41, 5.74) is 1.75. The third-order valence-corrected chi connectivity index (χ3v) is 10.4. The molecule has 0 unspecified atom stereocenters. The number of Topliss-reactive ketones (excluding diaryl/α,β-unsaturated/α-hetero) is 2. The maximum absolute atomic E-state index is 13.7. The molecule has 0 spiro atoms. The zero-order valence-corrected chi connectivity index (χ0v) is 33.7. The van der Waals surface area contributed by atoms with E-state index in [9.17, 15) is 45.5 Å². The van der Waals surface area contributed by atoms with E-state index < -0.39 is 58.0 Å². The summed E-state index contributed by atoms with van der Waals surface area (Å²) in [5, 5.41) is 12.4. The second-order valence-electron chi connectivity index (χ2n) is 13.2. The van der Waals surface area contributed by atoms with Gasteiger partial charge in [-0.25, -0.2) is 0 Å². The van der Waals surface area contributed by atoms with Crippen LogP contribution in [-0.2, 0) is 31.5 Å². The lowest BCUT2D eigenvalue weighted by Gasteiger charge is -2.19. The Hall–Kier alpha value is -6.46. The Morgan fingerprint density at radius 2 is 0.855 bits per heavy atom. The molecular formula is C42H22Cl4F6N6O4. The second kappa shape index (κ2) is 17.1. The first-order valence-corrected chi connectivity index (χ1v) is 19.1. The second-order valence-corrected chi connectivity index (χ2v) is 14.8. The van der Waals surface area contributed by atoms with Crippen molar-refractivity contribution in [2.75, 3.05) is 21.5 Å². The Bertz CT molecular complexity index is 2680. The third-order valence-electron chi connectivity index (χ3n) is 9.16. The molecule has 20 heteroatoms. The topological polar surface area (TPSA) is 141 Å². The van der Waals surface area contributed by atoms with Crippen LogP contribution in [0.15, 0.2) is 118 Å². The number of halogens is 10. The predicted molar refractivity (Wildman–Crippen MR) is 226 cm³/mol. The standard InChI is InChI=1S/C42H22Cl4F6N6O4/c43-27-11-9-21(41(47,48)49)15-33(27)55-57-35-23-7-3-1-5-19(23)13-25(37(35)59)39(61)53-31-17-30(46)32(18-29(31)45)54-40(62)26-14-20-6-2-4-8-24(20)36(38(26)60)58-56-34-16-22(42(50,51)52)10-12-28(34)44/h1-18,55-56H,(H,53,61)(H,54,62)/b57-35+,58-36+. The van der Waals surface area contributed by atoms with Gasteiger partial charge < -0.3 is 10.6 Å². The fourth-order valence-corrected chi connectivity index (χ4v) is 6.84. The monoisotopic (exact) mass is 928 g/mol. The van der Waals surface area contributed by atoms with Crippen LogP contribution >= 0.6 is 46.4 Å². The van der Waals surface area contributed by atoms with Crippen LogP contribution in [0.25, 0.3) is 12.2 Å². The van der Waals surface area contributed by atoms with Gasteiger partial charge in [0.25, 0.3) is 11.8 Å². The van der Waals surface area contributed by atoms with Gasteiger partial charge in [0.05, 0.1) is 65.1 Å². The summed E-state index contributed by atoms with van der Waals surface area (Å²) >= 11 is 25.2. The van der Waals surface area contributed by atoms with Crippen LogP contribution in [0.5, 0.6) is 0 Å². The molecule has 0 bridgehead atoms. The maximum atomic E-state index is 13.7. The van der Waals surface area contributed by atoms with E-state index in [-0.39, 0.29) is 65.4 Å². The van der Waals surface area contributed by atoms with Crippen molar-refractivity contribution in [2.24, 2.45) is 10.2 Å². The fourth-order valence-electron chi connectivity index (χ4n) is 6.10. The molecule has 0 aromatic heterocycles. The van der Waals surface area contributed by atoms with Crippen molar-refractivity contribution in [3.05, 3.63) is 162 Å². The zero-order chi connectivity index (χ0) is 44.7. The highest BCUT2D eigenvalue weighted by atomic mass is 35.5. The van der Waals surface area contributed by atoms with Crippen LogP contribution in [0.4, 0.5) is 49.1 Å². The van der Waals surface area contributed by atoms with Crippen LogP contribution in [0.2, 0.25) is 20.1 Å². The number of nitrogens with zero attached hydrogens (tertiary/aromatic N) is 2. The zero-order valence-electron chi connectivity index (χ0n) is 30.7. The van der Waals surface area contributed by atoms with E-state index in [1.54, 1.807) is 36.4 Å². The summed E-state index contributed by atoms with van der Waals surface area (Å²) in [7, 11) is 0. The Labute approximate surface area is 365 Å². The van der Waals surface area contributed by atoms with Gasteiger partial charge in [0, 0.05) is 11.1 Å². The molecule has 4 N–H and O–H groups in total. The molecule has 0 radical (unpaired) electrons. The van der Waals surface area contributed by atoms with E-state index in [4.69, 9.17) is 46.4 Å². The van der Waals surface area contributed by atoms with E-state index >= 15 is 0 Å². The quantitative estimate of drug-likeness (QED) is 0.0694. The lowest BCUT2D eigenvalue weighted by molar-refractivity contribution is -0.138. The minimum Gasteiger partial charge on any atom is -0.320 e. The molecular weight excluding hydrogens is 908 g/mol. The number of benzene rings is 5. The minimum absolute atomic E-state index is 0.116. The highest BCUT2D eigenvalue weighted by Gasteiger charge is 2.35. The van der Waals surface area contributed by atoms with Gasteiger partial charge in [-0.3, -0.25) is 30.0 Å². The Morgan fingerprint density at radius 3 is 1.23 bits per heavy atom. The number of alkyl halides is 6. The van der Waals surface area contributed by atoms with Crippen molar-refractivity contribution in [1.29, 1.82) is 0 Å². The molecule has 0 saturated heterocycles. The molecule has 0 heterocycles. The first-order chi connectivity index (χ1) is 29.3. The van der Waals surface area contributed by atoms with Crippen LogP contribution in [-0.4, -0.2) is 34.8 Å². The molecule has 0 aliphatic heterocycles. The van der Waals surface area contributed by atoms with E-state index in [0.29, 0.717) is 23.3 Å². The molecule has 314 valence electrons. The fraction of sp³-hybridized carbons (Fsp3) is 0.0476. The molecule has 10 nitrogen and oxygen atoms in total. The molecule has 2 aliphatic carbocycles. The van der Waals surface area contributed by atoms with Crippen molar-refractivity contribution >= 4 is 116 Å². The molecule has 0 atom stereocenters. The van der Waals surface area contributed by atoms with Crippen molar-refractivity contribution in [3.63, 3.8) is 0 Å². The molecule has 2 amide bonds. The van der Waals surface area contributed by atoms with Crippen LogP contribution < -0.4 is 21.5 Å². The number of carbonyl (C=O) groups is 4. The number of amides is 2. The average Bonchev–Trinajstić information content (AvgIpc) is 3.21. The number of carbonyl (C=O) groups excluding carboxylic acids is 4. The van der Waals surface area contributed by atoms with Crippen molar-refractivity contribution in [3.8, 4) is 0 Å². The highest BCUT2D eigenvalue weighted by Crippen LogP contribution is 2.37. The number of hydrogen-bond acceptors (Lipinski definition) is 8. The molecule has 5 aromatic carbocycles. The van der Waals surface area contributed by atoms with Gasteiger partial charge in [-0.05, 0) is 71.8 Å². The van der Waals surface area contributed by atoms with E-state index in [0.717, 1.165) is 36.4 Å². The number of anilines is 4. The number of hydrazone groups is 2. The summed E-state index contributed by atoms with van der Waals surface area (Å²) in [6.07, 6.45) is -6.83. The Kier molecular flexibility index (Phi) is 12.1. The smallest absolute Gasteiger partial charge is 0.320 e. The van der Waals surface area contributed by atoms with Crippen molar-refractivity contribution in [2.45, 2.75) is 12.4 Å². The minimum atomic E-state index is -4.70. The van der Waals surface area contributed by atoms with E-state index in [1.165, 1.54) is 24.3 Å². The summed E-state index contributed by atoms with van der Waals surface area (Å²) in [5.74, 6) is -3.78. The van der Waals surface area contributed by atoms with Crippen LogP contribution in [0.1, 0.15) is 33.4 Å². The number of hydrogen-bond donors (Lipinski definition) is 4. The predicted octanol–water partition coefficient (Wildman–Crippen LogP) is 11.2. The van der Waals surface area contributed by atoms with Gasteiger partial charge in [0.1, 0.15) is 11.4 Å². The van der Waals surface area contributed by atoms with Gasteiger partial charge in [-0.2, -0.15) is 36.5 Å². The van der Waals surface area contributed by atoms with Gasteiger partial charge >= 0.3 is 12.4 Å². The van der Waals surface area contributed by atoms with Gasteiger partial charge in [-0.15, -0.1) is 0 Å². The number of nitrogens with one attached hydrogen (secondary N) is 4. The number of rotatable bonds is 8. The normalized spacial score (nSPS) is 15.1. The van der Waals surface area contributed by atoms with Crippen molar-refractivity contribution in [1.82, 2.24) is 0 Å². The number of fused-ring (bicyclic) bond motifs is 2. The third kappa shape index (κ3) is 9.09. The van der Waals surface area contributed by atoms with Crippen LogP contribution in [0.3, 0.4) is 0 Å². The average molecular weight is 930 g/mol. The Morgan fingerprint density at radius 1 is 0.484 bits per heavy atom. The SMILES string of the molecule is O=C(Nc1cc(Cl)c(NC(=O)C2=Cc3ccccc3/C(=N\Nc3cc(C(F)(F)F)ccc3Cl)C2=O)cc1Cl)C1=Cc2ccccc2/C(=N\Nc2cc(C(F)(F)F)ccc2Cl)C1=O. The summed E-state index contributed by atoms with van der Waals surface area (Å²) in [4.78, 5) is 54.7. The molecule has 2 aliphatic rings. The lowest BCUT2D eigenvalue weighted by atomic mass is 9.89. The lowest BCUT2D eigenvalue weighted by Crippen LogP contribution is -2.31. The first kappa shape index (κ1) is 43.6. The summed E-state index contributed by atoms with van der Waals surface area (Å²) in [6.45, 7) is 0. The maximum Gasteiger partial charge on any atom is 0.416 e. The van der Waals surface area contributed by atoms with E-state index in [1.807, 2.05) is 0 Å². The van der Waals surface area contributed by atoms with Gasteiger partial charge in [-0.1, -0.05) is 94.9 Å². The van der Waals surface area contributed by atoms with Gasteiger partial charge in [0.15, 0.2) is 0 Å². The Balaban J connectivity index is 1.11. The van der Waals surface area contributed by atoms with Crippen molar-refractivity contribution < 1.29 is 45.5 Å². The van der Waals surface area contributed by atoms with Crippen LogP contribution in [0, 0.1) is 0 Å². The first-order valence-electron chi connectivity index (χ1n) is 17.5. The largest absolute Gasteiger partial charge is 0.416 e. The van der Waals surface area contributed by atoms with E-state index in [2.05, 4.69) is 31.7 Å². The highest BCUT2D eigenvalue weighted by molar-refractivity contribution is 6.60. The molecule has 0 saturated carbocycles. The number of ketones is 2. The summed E-state index contributed by atoms with van der Waals surface area (Å²) in [6, 6.07) is 19.9. The molecule has 0 fully saturated rings. The molecule has 5 aromatic rings. The molecule has 7 rings (SSSR count). The van der Waals surface area contributed by atoms with Gasteiger partial charge in [0.2, 0.25) is 11.6 Å². The summed E-state index contributed by atoms with van der Waals surface area (Å²) < 4.78 is 80.2.